The summed E-state index contributed by atoms with van der Waals surface area (Å²) >= 11 is 18.4. The molecule has 12 rings (SSSR count). The minimum Gasteiger partial charge on any atom is -0.508 e. The first-order valence-corrected chi connectivity index (χ1v) is 34.7. The second-order valence-electron chi connectivity index (χ2n) is 26.7. The van der Waals surface area contributed by atoms with Crippen LogP contribution in [0.2, 0.25) is 10.0 Å². The lowest BCUT2D eigenvalue weighted by atomic mass is 9.86. The molecule has 566 valence electrons. The number of fused-ring (bicyclic) bond motifs is 15. The summed E-state index contributed by atoms with van der Waals surface area (Å²) < 4.78 is 38.5. The normalized spacial score (nSPS) is 28.7. The number of phenols is 3. The Morgan fingerprint density at radius 3 is 1.95 bits per heavy atom. The van der Waals surface area contributed by atoms with E-state index in [9.17, 15) is 65.1 Å². The van der Waals surface area contributed by atoms with E-state index >= 15 is 19.2 Å². The molecule has 7 aliphatic rings. The van der Waals surface area contributed by atoms with Crippen molar-refractivity contribution >= 4 is 83.1 Å². The number of rotatable bonds is 16. The number of aliphatic hydroxyl groups excluding tert-OH is 6. The number of aliphatic hydroxyl groups is 6. The second-order valence-corrected chi connectivity index (χ2v) is 28.0. The molecule has 5 aromatic rings. The molecule has 0 unspecified atom stereocenters. The third-order valence-electron chi connectivity index (χ3n) is 18.4. The molecule has 5 aromatic carbocycles. The Morgan fingerprint density at radius 2 is 1.35 bits per heavy atom. The first-order valence-electron chi connectivity index (χ1n) is 33.3. The topological polar surface area (TPSA) is 522 Å². The number of phenolic OH excluding ortho intramolecular Hbond substituents is 3. The fraction of sp³-hybridized carbons (Fsp3) is 0.449. The van der Waals surface area contributed by atoms with Crippen LogP contribution in [-0.2, 0) is 52.6 Å². The molecule has 0 aromatic heterocycles. The van der Waals surface area contributed by atoms with Crippen LogP contribution in [0, 0.1) is 5.92 Å². The number of carbonyl (C=O) groups is 8. The number of likely N-dealkylation sites (N-methyl/N-ethyl adjacent to an activating group) is 1. The maximum Gasteiger partial charge on any atom is 0.248 e. The maximum atomic E-state index is 16.1. The van der Waals surface area contributed by atoms with Gasteiger partial charge in [-0.05, 0) is 128 Å². The van der Waals surface area contributed by atoms with Gasteiger partial charge in [0.25, 0.3) is 0 Å². The van der Waals surface area contributed by atoms with Gasteiger partial charge < -0.3 is 128 Å². The summed E-state index contributed by atoms with van der Waals surface area (Å²) in [6.07, 6.45) is -18.1. The number of halogens is 2. The van der Waals surface area contributed by atoms with E-state index in [0.29, 0.717) is 12.2 Å². The zero-order valence-electron chi connectivity index (χ0n) is 56.9. The number of aromatic hydroxyl groups is 3. The van der Waals surface area contributed by atoms with Crippen LogP contribution >= 0.6 is 35.8 Å². The third-order valence-corrected chi connectivity index (χ3v) is 19.3. The molecule has 7 aliphatic heterocycles. The Kier molecular flexibility index (Phi) is 24.7. The molecule has 11 bridgehead atoms. The van der Waals surface area contributed by atoms with Crippen LogP contribution in [0.5, 0.6) is 46.0 Å². The van der Waals surface area contributed by atoms with Crippen LogP contribution in [0.3, 0.4) is 0 Å². The predicted molar refractivity (Wildman–Crippen MR) is 373 cm³/mol. The average molecular weight is 1520 g/mol. The molecule has 0 radical (unpaired) electrons. The Hall–Kier alpha value is -8.85. The summed E-state index contributed by atoms with van der Waals surface area (Å²) in [5, 5.41) is 124. The van der Waals surface area contributed by atoms with Gasteiger partial charge in [-0.25, -0.2) is 0 Å². The van der Waals surface area contributed by atoms with Gasteiger partial charge in [-0.3, -0.25) is 38.4 Å². The number of ether oxygens (including phenoxy) is 6. The van der Waals surface area contributed by atoms with Crippen LogP contribution in [-0.4, -0.2) is 198 Å². The number of nitrogens with one attached hydrogen (secondary N) is 8. The van der Waals surface area contributed by atoms with Crippen LogP contribution in [0.4, 0.5) is 0 Å². The predicted octanol–water partition coefficient (Wildman–Crippen LogP) is 0.458. The monoisotopic (exact) mass is 1520 g/mol. The van der Waals surface area contributed by atoms with Gasteiger partial charge >= 0.3 is 0 Å². The van der Waals surface area contributed by atoms with Gasteiger partial charge in [-0.1, -0.05) is 55.2 Å². The summed E-state index contributed by atoms with van der Waals surface area (Å²) in [5.74, 6) is -14.3. The molecule has 7 heterocycles. The fourth-order valence-corrected chi connectivity index (χ4v) is 13.5. The van der Waals surface area contributed by atoms with Gasteiger partial charge in [0.15, 0.2) is 23.9 Å². The van der Waals surface area contributed by atoms with Crippen molar-refractivity contribution in [2.45, 2.75) is 163 Å². The molecule has 8 amide bonds. The number of thiol groups is 1. The van der Waals surface area contributed by atoms with Crippen molar-refractivity contribution in [3.05, 3.63) is 117 Å². The van der Waals surface area contributed by atoms with Gasteiger partial charge in [-0.2, -0.15) is 12.6 Å². The summed E-state index contributed by atoms with van der Waals surface area (Å²) in [4.78, 5) is 119. The van der Waals surface area contributed by atoms with Crippen molar-refractivity contribution in [2.24, 2.45) is 17.4 Å². The first-order chi connectivity index (χ1) is 49.7. The fourth-order valence-electron chi connectivity index (χ4n) is 12.9. The lowest BCUT2D eigenvalue weighted by molar-refractivity contribution is -0.333. The first kappa shape index (κ1) is 78.7. The highest BCUT2D eigenvalue weighted by Crippen LogP contribution is 2.50. The minimum absolute atomic E-state index is 0.0278. The van der Waals surface area contributed by atoms with Gasteiger partial charge in [0.05, 0.1) is 41.3 Å². The molecular weight excluding hydrogens is 1440 g/mol. The van der Waals surface area contributed by atoms with Crippen LogP contribution < -0.4 is 68.2 Å². The largest absolute Gasteiger partial charge is 0.508 e. The summed E-state index contributed by atoms with van der Waals surface area (Å²) in [6.45, 7) is 5.67. The number of nitrogens with two attached hydrogens (primary N) is 2. The van der Waals surface area contributed by atoms with E-state index in [4.69, 9.17) is 63.1 Å². The van der Waals surface area contributed by atoms with E-state index in [1.807, 2.05) is 13.8 Å². The van der Waals surface area contributed by atoms with Crippen molar-refractivity contribution < 1.29 is 113 Å². The molecule has 0 spiro atoms. The number of benzene rings is 5. The number of carbonyl (C=O) groups excluding carboxylic acids is 8. The Morgan fingerprint density at radius 1 is 0.733 bits per heavy atom. The van der Waals surface area contributed by atoms with Crippen LogP contribution in [0.15, 0.2) is 78.9 Å². The van der Waals surface area contributed by atoms with Gasteiger partial charge in [0.1, 0.15) is 95.5 Å². The highest BCUT2D eigenvalue weighted by molar-refractivity contribution is 7.80. The van der Waals surface area contributed by atoms with E-state index in [1.165, 1.54) is 39.1 Å². The summed E-state index contributed by atoms with van der Waals surface area (Å²) in [6, 6.07) is 0.418. The van der Waals surface area contributed by atoms with E-state index < -0.39 is 220 Å². The van der Waals surface area contributed by atoms with Gasteiger partial charge in [-0.15, -0.1) is 0 Å². The number of amides is 8. The summed E-state index contributed by atoms with van der Waals surface area (Å²) in [7, 11) is 1.48. The molecule has 0 saturated carbocycles. The van der Waals surface area contributed by atoms with Crippen LogP contribution in [0.1, 0.15) is 112 Å². The highest BCUT2D eigenvalue weighted by atomic mass is 35.5. The lowest BCUT2D eigenvalue weighted by Gasteiger charge is -2.47. The van der Waals surface area contributed by atoms with E-state index in [0.717, 1.165) is 60.7 Å². The van der Waals surface area contributed by atoms with Crippen molar-refractivity contribution in [1.82, 2.24) is 42.5 Å². The zero-order chi connectivity index (χ0) is 76.4. The molecule has 2 fully saturated rings. The zero-order valence-corrected chi connectivity index (χ0v) is 59.4. The maximum absolute atomic E-state index is 16.1. The lowest BCUT2D eigenvalue weighted by Crippen LogP contribution is -2.64. The number of hydrogen-bond acceptors (Lipinski definition) is 26. The smallest absolute Gasteiger partial charge is 0.248 e. The number of hydrogen-bond donors (Lipinski definition) is 20. The molecule has 33 nitrogen and oxygen atoms in total. The highest BCUT2D eigenvalue weighted by Gasteiger charge is 2.52. The molecule has 21 N–H and O–H groups in total. The Balaban J connectivity index is 1.24. The van der Waals surface area contributed by atoms with Crippen molar-refractivity contribution in [3.63, 3.8) is 0 Å². The van der Waals surface area contributed by atoms with E-state index in [2.05, 4.69) is 55.2 Å². The molecule has 18 atom stereocenters. The third kappa shape index (κ3) is 17.3. The Labute approximate surface area is 615 Å². The molecule has 36 heteroatoms. The van der Waals surface area contributed by atoms with Gasteiger partial charge in [0.2, 0.25) is 59.3 Å². The molecular formula is C69H82Cl2N10O23S. The Bertz CT molecular complexity index is 4160. The molecule has 105 heavy (non-hydrogen) atoms. The van der Waals surface area contributed by atoms with Crippen LogP contribution in [0.25, 0.3) is 11.1 Å². The number of primary amides is 1. The van der Waals surface area contributed by atoms with Crippen molar-refractivity contribution in [3.8, 4) is 57.1 Å². The second kappa shape index (κ2) is 32.9. The van der Waals surface area contributed by atoms with Gasteiger partial charge in [0, 0.05) is 35.7 Å². The minimum atomic E-state index is -2.33. The summed E-state index contributed by atoms with van der Waals surface area (Å²) in [5.41, 5.74) is 8.61. The quantitative estimate of drug-likeness (QED) is 0.0471. The standard InChI is InChI=1S/C69H82Cl2N10O23S/c1-26(2)15-37(74-5)61(92)80-52-54(87)29-8-11-41(35(70)17-29)100-43-19-31-20-44(58(43)104-68-59(57(90)56(89)45(25-82)102-68)103-47-24-69(4,73)60(91)27(3)99-47)101-42-12-9-30(18-36(42)71)55(88)53-67(98)79-51(63(94)75-13-6-14-105)34-21-32(83)22-40(85)48(34)33-16-28(7-10-39(33)84)49(64(95)81-53)78-65(96)50(31)77-62(93)38(23-46(72)86)76-66(52)97/h7-12,16-22,26-27,37-38,45,47,49-57,59-60,68,74,82-85,87-91,105H,6,13-15,23-25,73H2,1-5H3,(H2,72,86)(H,75,94)(H,76,97)(H,77,93)(H,78,96)(H,79,98)(H,80,92)(H,81,95)/t27-,37+,38-,45+,47-,49+,50+,51-,52+,53-,54+,55+,56+,57-,59+,60+,68-,69-/m0/s1. The van der Waals surface area contributed by atoms with Crippen molar-refractivity contribution in [2.75, 3.05) is 26.0 Å². The molecule has 0 aliphatic carbocycles. The molecule has 2 saturated heterocycles. The SMILES string of the molecule is CN[C@H](CC(C)C)C(=O)N[C@H]1C(=O)N[C@@H](CC(N)=O)C(=O)N[C@H]2C(=O)N[C@H]3C(=O)N[C@H](C(=O)N[C@H](C(=O)NCCCS)c4cc(O)cc(O)c4-c4cc3ccc4O)[C@H](O)c3ccc(c(Cl)c3)Oc3cc2cc(c3O[C@@H]2O[C@H](CO)[C@@H](O)[C@H](O)[C@H]2O[C@H]2C[C@](C)(N)[C@H](O)[C@H](C)O2)Oc2ccc(cc2Cl)[C@H]1O. The average Bonchev–Trinajstić information content (AvgIpc) is 0.766. The van der Waals surface area contributed by atoms with E-state index in [-0.39, 0.29) is 69.6 Å². The van der Waals surface area contributed by atoms with E-state index in [1.54, 1.807) is 0 Å². The van der Waals surface area contributed by atoms with Crippen molar-refractivity contribution in [1.29, 1.82) is 0 Å².